The molecular weight excluding hydrogens is 406 g/mol. The first-order chi connectivity index (χ1) is 14.5. The second-order valence-electron chi connectivity index (χ2n) is 7.30. The molecule has 1 N–H and O–H groups in total. The number of methoxy groups -OCH3 is 1. The second-order valence-corrected chi connectivity index (χ2v) is 7.74. The van der Waals surface area contributed by atoms with Gasteiger partial charge in [0.05, 0.1) is 29.7 Å². The molecule has 1 saturated heterocycles. The van der Waals surface area contributed by atoms with E-state index in [-0.39, 0.29) is 11.8 Å². The van der Waals surface area contributed by atoms with Crippen molar-refractivity contribution in [2.24, 2.45) is 0 Å². The van der Waals surface area contributed by atoms with Gasteiger partial charge in [-0.25, -0.2) is 4.68 Å². The fourth-order valence-corrected chi connectivity index (χ4v) is 3.65. The highest BCUT2D eigenvalue weighted by molar-refractivity contribution is 6.30. The first-order valence-corrected chi connectivity index (χ1v) is 10.4. The Kier molecular flexibility index (Phi) is 7.84. The molecule has 30 heavy (non-hydrogen) atoms. The molecule has 2 amide bonds. The van der Waals surface area contributed by atoms with Crippen LogP contribution in [0.15, 0.2) is 30.5 Å². The SMILES string of the molecule is COCCCNC(=O)CN1CCN(C(=O)c2cnn(-c3cccc(Cl)c3)c2C)CC1. The zero-order chi connectivity index (χ0) is 21.5. The molecular formula is C21H28ClN5O3. The maximum Gasteiger partial charge on any atom is 0.257 e. The quantitative estimate of drug-likeness (QED) is 0.641. The molecule has 0 radical (unpaired) electrons. The molecule has 0 spiro atoms. The fraction of sp³-hybridized carbons (Fsp3) is 0.476. The zero-order valence-corrected chi connectivity index (χ0v) is 18.2. The Bertz CT molecular complexity index is 877. The van der Waals surface area contributed by atoms with Crippen molar-refractivity contribution in [3.8, 4) is 5.69 Å². The maximum absolute atomic E-state index is 13.0. The van der Waals surface area contributed by atoms with Crippen LogP contribution in [0, 0.1) is 6.92 Å². The summed E-state index contributed by atoms with van der Waals surface area (Å²) >= 11 is 6.07. The van der Waals surface area contributed by atoms with E-state index < -0.39 is 0 Å². The summed E-state index contributed by atoms with van der Waals surface area (Å²) in [6.45, 7) is 5.97. The van der Waals surface area contributed by atoms with E-state index in [1.54, 1.807) is 24.1 Å². The fourth-order valence-electron chi connectivity index (χ4n) is 3.47. The molecule has 0 saturated carbocycles. The van der Waals surface area contributed by atoms with Gasteiger partial charge in [-0.1, -0.05) is 17.7 Å². The van der Waals surface area contributed by atoms with Crippen molar-refractivity contribution in [1.29, 1.82) is 0 Å². The number of aromatic nitrogens is 2. The molecule has 9 heteroatoms. The van der Waals surface area contributed by atoms with Gasteiger partial charge in [0.1, 0.15) is 0 Å². The Hall–Kier alpha value is -2.42. The Balaban J connectivity index is 1.53. The van der Waals surface area contributed by atoms with E-state index in [9.17, 15) is 9.59 Å². The van der Waals surface area contributed by atoms with E-state index >= 15 is 0 Å². The van der Waals surface area contributed by atoms with Crippen molar-refractivity contribution in [3.05, 3.63) is 46.7 Å². The predicted octanol–water partition coefficient (Wildman–Crippen LogP) is 1.74. The molecule has 0 bridgehead atoms. The topological polar surface area (TPSA) is 79.7 Å². The lowest BCUT2D eigenvalue weighted by Crippen LogP contribution is -2.51. The third kappa shape index (κ3) is 5.59. The van der Waals surface area contributed by atoms with Crippen molar-refractivity contribution < 1.29 is 14.3 Å². The van der Waals surface area contributed by atoms with Crippen LogP contribution in [0.3, 0.4) is 0 Å². The van der Waals surface area contributed by atoms with Gasteiger partial charge in [-0.3, -0.25) is 14.5 Å². The molecule has 0 unspecified atom stereocenters. The minimum Gasteiger partial charge on any atom is -0.385 e. The Morgan fingerprint density at radius 3 is 2.70 bits per heavy atom. The standard InChI is InChI=1S/C21H28ClN5O3/c1-16-19(14-24-27(16)18-6-3-5-17(22)13-18)21(29)26-10-8-25(9-11-26)15-20(28)23-7-4-12-30-2/h3,5-6,13-14H,4,7-12,15H2,1-2H3,(H,23,28). The first-order valence-electron chi connectivity index (χ1n) is 10.1. The van der Waals surface area contributed by atoms with Gasteiger partial charge in [0.15, 0.2) is 0 Å². The first kappa shape index (κ1) is 22.3. The van der Waals surface area contributed by atoms with Crippen molar-refractivity contribution >= 4 is 23.4 Å². The van der Waals surface area contributed by atoms with Crippen LogP contribution in [0.1, 0.15) is 22.5 Å². The van der Waals surface area contributed by atoms with Crippen LogP contribution in [-0.4, -0.2) is 84.4 Å². The lowest BCUT2D eigenvalue weighted by atomic mass is 10.2. The van der Waals surface area contributed by atoms with Gasteiger partial charge in [-0.2, -0.15) is 5.10 Å². The summed E-state index contributed by atoms with van der Waals surface area (Å²) in [7, 11) is 1.65. The van der Waals surface area contributed by atoms with E-state index in [0.717, 1.165) is 17.8 Å². The average Bonchev–Trinajstić information content (AvgIpc) is 3.12. The van der Waals surface area contributed by atoms with Gasteiger partial charge in [0, 0.05) is 51.5 Å². The number of ether oxygens (including phenoxy) is 1. The van der Waals surface area contributed by atoms with Gasteiger partial charge in [-0.05, 0) is 31.5 Å². The second kappa shape index (κ2) is 10.6. The number of benzene rings is 1. The minimum absolute atomic E-state index is 0.00419. The Morgan fingerprint density at radius 1 is 1.23 bits per heavy atom. The summed E-state index contributed by atoms with van der Waals surface area (Å²) in [5, 5.41) is 7.89. The number of nitrogens with one attached hydrogen (secondary N) is 1. The van der Waals surface area contributed by atoms with Crippen molar-refractivity contribution in [3.63, 3.8) is 0 Å². The Labute approximate surface area is 181 Å². The molecule has 2 aromatic rings. The van der Waals surface area contributed by atoms with Crippen LogP contribution in [0.4, 0.5) is 0 Å². The van der Waals surface area contributed by atoms with E-state index in [1.165, 1.54) is 0 Å². The zero-order valence-electron chi connectivity index (χ0n) is 17.4. The minimum atomic E-state index is -0.0376. The number of hydrogen-bond acceptors (Lipinski definition) is 5. The highest BCUT2D eigenvalue weighted by atomic mass is 35.5. The molecule has 1 aliphatic rings. The van der Waals surface area contributed by atoms with Gasteiger partial charge >= 0.3 is 0 Å². The summed E-state index contributed by atoms with van der Waals surface area (Å²) < 4.78 is 6.70. The van der Waals surface area contributed by atoms with E-state index in [0.29, 0.717) is 56.5 Å². The Morgan fingerprint density at radius 2 is 2.00 bits per heavy atom. The summed E-state index contributed by atoms with van der Waals surface area (Å²) in [6, 6.07) is 7.37. The molecule has 162 valence electrons. The molecule has 3 rings (SSSR count). The third-order valence-electron chi connectivity index (χ3n) is 5.17. The normalized spacial score (nSPS) is 14.7. The van der Waals surface area contributed by atoms with Crippen molar-refractivity contribution in [2.45, 2.75) is 13.3 Å². The summed E-state index contributed by atoms with van der Waals surface area (Å²) in [4.78, 5) is 28.9. The van der Waals surface area contributed by atoms with Crippen molar-refractivity contribution in [2.75, 3.05) is 53.0 Å². The van der Waals surface area contributed by atoms with Gasteiger partial charge in [-0.15, -0.1) is 0 Å². The number of nitrogens with zero attached hydrogens (tertiary/aromatic N) is 4. The number of carbonyl (C=O) groups is 2. The van der Waals surface area contributed by atoms with Gasteiger partial charge in [0.2, 0.25) is 5.91 Å². The van der Waals surface area contributed by atoms with E-state index in [4.69, 9.17) is 16.3 Å². The van der Waals surface area contributed by atoms with Crippen LogP contribution >= 0.6 is 11.6 Å². The predicted molar refractivity (Wildman–Crippen MR) is 115 cm³/mol. The molecule has 0 atom stereocenters. The number of carbonyl (C=O) groups excluding carboxylic acids is 2. The summed E-state index contributed by atoms with van der Waals surface area (Å²) in [6.07, 6.45) is 2.41. The number of amides is 2. The molecule has 2 heterocycles. The summed E-state index contributed by atoms with van der Waals surface area (Å²) in [5.41, 5.74) is 2.18. The van der Waals surface area contributed by atoms with Crippen LogP contribution in [0.2, 0.25) is 5.02 Å². The smallest absolute Gasteiger partial charge is 0.257 e. The molecule has 1 fully saturated rings. The lowest BCUT2D eigenvalue weighted by molar-refractivity contribution is -0.122. The van der Waals surface area contributed by atoms with Crippen LogP contribution in [0.5, 0.6) is 0 Å². The van der Waals surface area contributed by atoms with Gasteiger partial charge < -0.3 is 15.0 Å². The van der Waals surface area contributed by atoms with Crippen LogP contribution < -0.4 is 5.32 Å². The largest absolute Gasteiger partial charge is 0.385 e. The van der Waals surface area contributed by atoms with Gasteiger partial charge in [0.25, 0.3) is 5.91 Å². The van der Waals surface area contributed by atoms with Crippen molar-refractivity contribution in [1.82, 2.24) is 24.9 Å². The maximum atomic E-state index is 13.0. The van der Waals surface area contributed by atoms with E-state index in [2.05, 4.69) is 15.3 Å². The number of piperazine rings is 1. The summed E-state index contributed by atoms with van der Waals surface area (Å²) in [5.74, 6) is -0.0334. The number of rotatable bonds is 8. The average molecular weight is 434 g/mol. The highest BCUT2D eigenvalue weighted by Crippen LogP contribution is 2.19. The van der Waals surface area contributed by atoms with Crippen LogP contribution in [0.25, 0.3) is 5.69 Å². The molecule has 8 nitrogen and oxygen atoms in total. The lowest BCUT2D eigenvalue weighted by Gasteiger charge is -2.34. The molecule has 1 aliphatic heterocycles. The third-order valence-corrected chi connectivity index (χ3v) is 5.40. The number of hydrogen-bond donors (Lipinski definition) is 1. The monoisotopic (exact) mass is 433 g/mol. The molecule has 0 aliphatic carbocycles. The molecule has 1 aromatic heterocycles. The highest BCUT2D eigenvalue weighted by Gasteiger charge is 2.26. The molecule has 1 aromatic carbocycles. The number of halogens is 1. The van der Waals surface area contributed by atoms with E-state index in [1.807, 2.05) is 30.0 Å². The van der Waals surface area contributed by atoms with Crippen LogP contribution in [-0.2, 0) is 9.53 Å².